The molecule has 1 spiro atoms. The van der Waals surface area contributed by atoms with Gasteiger partial charge in [-0.05, 0) is 49.9 Å². The summed E-state index contributed by atoms with van der Waals surface area (Å²) in [6.07, 6.45) is 11.5. The van der Waals surface area contributed by atoms with Crippen LogP contribution in [0.15, 0.2) is 30.3 Å². The molecule has 1 heterocycles. The summed E-state index contributed by atoms with van der Waals surface area (Å²) in [5.41, 5.74) is 1.65. The smallest absolute Gasteiger partial charge is 0.118 e. The van der Waals surface area contributed by atoms with E-state index < -0.39 is 0 Å². The van der Waals surface area contributed by atoms with Crippen LogP contribution in [-0.4, -0.2) is 44.9 Å². The zero-order valence-corrected chi connectivity index (χ0v) is 14.5. The van der Waals surface area contributed by atoms with Gasteiger partial charge in [-0.15, -0.1) is 0 Å². The van der Waals surface area contributed by atoms with E-state index in [1.165, 1.54) is 50.8 Å². The molecule has 0 unspecified atom stereocenters. The van der Waals surface area contributed by atoms with Gasteiger partial charge >= 0.3 is 0 Å². The molecule has 1 aromatic rings. The van der Waals surface area contributed by atoms with E-state index in [1.54, 1.807) is 7.11 Å². The summed E-state index contributed by atoms with van der Waals surface area (Å²) < 4.78 is 11.0. The Morgan fingerprint density at radius 3 is 2.70 bits per heavy atom. The Labute approximate surface area is 140 Å². The third kappa shape index (κ3) is 3.78. The lowest BCUT2D eigenvalue weighted by atomic mass is 9.76. The Kier molecular flexibility index (Phi) is 5.39. The standard InChI is InChI=1S/C20H29NO2/c1-22-18-10-8-17(9-11-18)6-4-14-21-15-5-13-20(16-21)12-3-7-19(20)23-2/h4,6,8-11,19H,3,5,7,12-16H2,1-2H3/t19-,20-/m1/s1. The number of ether oxygens (including phenoxy) is 2. The van der Waals surface area contributed by atoms with E-state index in [9.17, 15) is 0 Å². The van der Waals surface area contributed by atoms with Crippen molar-refractivity contribution in [2.45, 2.75) is 38.2 Å². The Bertz CT molecular complexity index is 525. The first-order valence-electron chi connectivity index (χ1n) is 8.81. The van der Waals surface area contributed by atoms with Gasteiger partial charge in [-0.25, -0.2) is 0 Å². The first-order valence-corrected chi connectivity index (χ1v) is 8.81. The highest BCUT2D eigenvalue weighted by atomic mass is 16.5. The minimum atomic E-state index is 0.418. The molecule has 3 nitrogen and oxygen atoms in total. The third-order valence-electron chi connectivity index (χ3n) is 5.59. The maximum Gasteiger partial charge on any atom is 0.118 e. The fourth-order valence-corrected chi connectivity index (χ4v) is 4.41. The van der Waals surface area contributed by atoms with Crippen molar-refractivity contribution < 1.29 is 9.47 Å². The third-order valence-corrected chi connectivity index (χ3v) is 5.59. The highest BCUT2D eigenvalue weighted by Gasteiger charge is 2.45. The normalized spacial score (nSPS) is 28.7. The number of rotatable bonds is 5. The van der Waals surface area contributed by atoms with Crippen LogP contribution in [-0.2, 0) is 4.74 Å². The van der Waals surface area contributed by atoms with Crippen molar-refractivity contribution >= 4 is 6.08 Å². The van der Waals surface area contributed by atoms with Crippen LogP contribution in [0.2, 0.25) is 0 Å². The molecular weight excluding hydrogens is 286 g/mol. The van der Waals surface area contributed by atoms with Gasteiger partial charge in [-0.2, -0.15) is 0 Å². The molecule has 3 heteroatoms. The van der Waals surface area contributed by atoms with E-state index in [0.717, 1.165) is 12.3 Å². The predicted molar refractivity (Wildman–Crippen MR) is 94.8 cm³/mol. The number of hydrogen-bond acceptors (Lipinski definition) is 3. The minimum absolute atomic E-state index is 0.418. The Morgan fingerprint density at radius 1 is 1.17 bits per heavy atom. The van der Waals surface area contributed by atoms with Crippen LogP contribution < -0.4 is 4.74 Å². The van der Waals surface area contributed by atoms with E-state index in [-0.39, 0.29) is 0 Å². The maximum atomic E-state index is 5.79. The topological polar surface area (TPSA) is 21.7 Å². The van der Waals surface area contributed by atoms with Crippen LogP contribution >= 0.6 is 0 Å². The molecule has 2 fully saturated rings. The van der Waals surface area contributed by atoms with Gasteiger partial charge in [-0.1, -0.05) is 30.7 Å². The second-order valence-electron chi connectivity index (χ2n) is 6.99. The van der Waals surface area contributed by atoms with Crippen LogP contribution in [0.3, 0.4) is 0 Å². The van der Waals surface area contributed by atoms with Gasteiger partial charge in [0.15, 0.2) is 0 Å². The molecule has 1 saturated carbocycles. The van der Waals surface area contributed by atoms with Gasteiger partial charge < -0.3 is 9.47 Å². The zero-order valence-electron chi connectivity index (χ0n) is 14.5. The summed E-state index contributed by atoms with van der Waals surface area (Å²) in [5.74, 6) is 0.909. The second kappa shape index (κ2) is 7.50. The zero-order chi connectivity index (χ0) is 16.1. The SMILES string of the molecule is COc1ccc(C=CCN2CCC[C@]3(CCC[C@H]3OC)C2)cc1. The minimum Gasteiger partial charge on any atom is -0.497 e. The molecule has 2 aliphatic rings. The van der Waals surface area contributed by atoms with E-state index >= 15 is 0 Å². The average molecular weight is 315 g/mol. The van der Waals surface area contributed by atoms with Crippen LogP contribution in [0, 0.1) is 5.41 Å². The molecule has 1 aliphatic heterocycles. The van der Waals surface area contributed by atoms with Gasteiger partial charge in [0.1, 0.15) is 5.75 Å². The molecular formula is C20H29NO2. The van der Waals surface area contributed by atoms with Crippen LogP contribution in [0.25, 0.3) is 6.08 Å². The predicted octanol–water partition coefficient (Wildman–Crippen LogP) is 3.99. The Balaban J connectivity index is 1.56. The number of benzene rings is 1. The number of likely N-dealkylation sites (tertiary alicyclic amines) is 1. The molecule has 3 rings (SSSR count). The highest BCUT2D eigenvalue weighted by molar-refractivity contribution is 5.50. The Morgan fingerprint density at radius 2 is 1.96 bits per heavy atom. The molecule has 0 amide bonds. The van der Waals surface area contributed by atoms with Crippen molar-refractivity contribution in [1.82, 2.24) is 4.90 Å². The number of nitrogens with zero attached hydrogens (tertiary/aromatic N) is 1. The molecule has 23 heavy (non-hydrogen) atoms. The molecule has 0 aromatic heterocycles. The molecule has 126 valence electrons. The summed E-state index contributed by atoms with van der Waals surface area (Å²) in [6, 6.07) is 8.23. The van der Waals surface area contributed by atoms with Crippen molar-refractivity contribution in [3.63, 3.8) is 0 Å². The highest BCUT2D eigenvalue weighted by Crippen LogP contribution is 2.46. The number of piperidine rings is 1. The van der Waals surface area contributed by atoms with Crippen LogP contribution in [0.4, 0.5) is 0 Å². The fraction of sp³-hybridized carbons (Fsp3) is 0.600. The first kappa shape index (κ1) is 16.5. The summed E-state index contributed by atoms with van der Waals surface area (Å²) in [4.78, 5) is 2.60. The average Bonchev–Trinajstić information content (AvgIpc) is 2.97. The van der Waals surface area contributed by atoms with E-state index in [1.807, 2.05) is 19.2 Å². The summed E-state index contributed by atoms with van der Waals surface area (Å²) in [7, 11) is 3.59. The summed E-state index contributed by atoms with van der Waals surface area (Å²) in [6.45, 7) is 3.44. The second-order valence-corrected chi connectivity index (χ2v) is 6.99. The quantitative estimate of drug-likeness (QED) is 0.820. The van der Waals surface area contributed by atoms with Crippen molar-refractivity contribution in [2.24, 2.45) is 5.41 Å². The van der Waals surface area contributed by atoms with Gasteiger partial charge in [0.2, 0.25) is 0 Å². The number of hydrogen-bond donors (Lipinski definition) is 0. The summed E-state index contributed by atoms with van der Waals surface area (Å²) in [5, 5.41) is 0. The molecule has 0 radical (unpaired) electrons. The first-order chi connectivity index (χ1) is 11.3. The van der Waals surface area contributed by atoms with Crippen molar-refractivity contribution in [3.8, 4) is 5.75 Å². The lowest BCUT2D eigenvalue weighted by Gasteiger charge is -2.43. The molecule has 0 N–H and O–H groups in total. The van der Waals surface area contributed by atoms with Crippen molar-refractivity contribution in [1.29, 1.82) is 0 Å². The molecule has 1 aromatic carbocycles. The molecule has 2 atom stereocenters. The lowest BCUT2D eigenvalue weighted by Crippen LogP contribution is -2.47. The Hall–Kier alpha value is -1.32. The van der Waals surface area contributed by atoms with Gasteiger partial charge in [-0.3, -0.25) is 4.90 Å². The summed E-state index contributed by atoms with van der Waals surface area (Å²) >= 11 is 0. The van der Waals surface area contributed by atoms with Crippen molar-refractivity contribution in [2.75, 3.05) is 33.9 Å². The molecule has 0 bridgehead atoms. The van der Waals surface area contributed by atoms with E-state index in [2.05, 4.69) is 29.2 Å². The fourth-order valence-electron chi connectivity index (χ4n) is 4.41. The van der Waals surface area contributed by atoms with Gasteiger partial charge in [0.05, 0.1) is 13.2 Å². The van der Waals surface area contributed by atoms with E-state index in [0.29, 0.717) is 11.5 Å². The van der Waals surface area contributed by atoms with Gasteiger partial charge in [0, 0.05) is 25.6 Å². The van der Waals surface area contributed by atoms with Crippen LogP contribution in [0.5, 0.6) is 5.75 Å². The maximum absolute atomic E-state index is 5.79. The molecule has 1 saturated heterocycles. The van der Waals surface area contributed by atoms with Gasteiger partial charge in [0.25, 0.3) is 0 Å². The largest absolute Gasteiger partial charge is 0.497 e. The van der Waals surface area contributed by atoms with Crippen LogP contribution in [0.1, 0.15) is 37.7 Å². The lowest BCUT2D eigenvalue weighted by molar-refractivity contribution is -0.0322. The van der Waals surface area contributed by atoms with E-state index in [4.69, 9.17) is 9.47 Å². The molecule has 1 aliphatic carbocycles. The monoisotopic (exact) mass is 315 g/mol. The number of methoxy groups -OCH3 is 2. The van der Waals surface area contributed by atoms with Crippen molar-refractivity contribution in [3.05, 3.63) is 35.9 Å².